The lowest BCUT2D eigenvalue weighted by Crippen LogP contribution is -2.48. The third-order valence-corrected chi connectivity index (χ3v) is 5.04. The summed E-state index contributed by atoms with van der Waals surface area (Å²) in [6.07, 6.45) is 7.78. The van der Waals surface area contributed by atoms with E-state index in [-0.39, 0.29) is 0 Å². The van der Waals surface area contributed by atoms with E-state index in [0.717, 1.165) is 25.9 Å². The molecule has 1 aromatic carbocycles. The quantitative estimate of drug-likeness (QED) is 0.853. The van der Waals surface area contributed by atoms with Crippen molar-refractivity contribution in [3.63, 3.8) is 0 Å². The van der Waals surface area contributed by atoms with E-state index in [9.17, 15) is 4.79 Å². The maximum absolute atomic E-state index is 12.8. The highest BCUT2D eigenvalue weighted by atomic mass is 16.2. The lowest BCUT2D eigenvalue weighted by Gasteiger charge is -2.37. The van der Waals surface area contributed by atoms with Crippen molar-refractivity contribution in [2.45, 2.75) is 51.0 Å². The number of benzene rings is 1. The van der Waals surface area contributed by atoms with Gasteiger partial charge in [0.15, 0.2) is 0 Å². The van der Waals surface area contributed by atoms with E-state index in [4.69, 9.17) is 0 Å². The molecule has 22 heavy (non-hydrogen) atoms. The zero-order valence-corrected chi connectivity index (χ0v) is 14.0. The van der Waals surface area contributed by atoms with Crippen molar-refractivity contribution >= 4 is 5.91 Å². The first-order valence-electron chi connectivity index (χ1n) is 8.68. The average molecular weight is 300 g/mol. The highest BCUT2D eigenvalue weighted by molar-refractivity contribution is 5.79. The number of rotatable bonds is 4. The maximum Gasteiger partial charge on any atom is 0.227 e. The van der Waals surface area contributed by atoms with Crippen molar-refractivity contribution in [1.82, 2.24) is 9.80 Å². The predicted octanol–water partition coefficient (Wildman–Crippen LogP) is 2.66. The Morgan fingerprint density at radius 1 is 1.18 bits per heavy atom. The van der Waals surface area contributed by atoms with E-state index in [2.05, 4.69) is 42.1 Å². The van der Waals surface area contributed by atoms with Crippen LogP contribution in [0.4, 0.5) is 0 Å². The minimum absolute atomic E-state index is 0.310. The second-order valence-corrected chi connectivity index (χ2v) is 7.13. The summed E-state index contributed by atoms with van der Waals surface area (Å²) in [5, 5.41) is 0. The zero-order chi connectivity index (χ0) is 15.5. The largest absolute Gasteiger partial charge is 0.338 e. The molecule has 1 heterocycles. The van der Waals surface area contributed by atoms with Crippen molar-refractivity contribution in [1.29, 1.82) is 0 Å². The third kappa shape index (κ3) is 3.52. The lowest BCUT2D eigenvalue weighted by molar-refractivity contribution is -0.134. The number of aryl methyl sites for hydroxylation is 2. The van der Waals surface area contributed by atoms with Crippen LogP contribution >= 0.6 is 0 Å². The van der Waals surface area contributed by atoms with Crippen LogP contribution in [0.15, 0.2) is 18.2 Å². The van der Waals surface area contributed by atoms with E-state index < -0.39 is 0 Å². The Hall–Kier alpha value is -1.35. The Bertz CT molecular complexity index is 538. The van der Waals surface area contributed by atoms with Crippen LogP contribution in [0.3, 0.4) is 0 Å². The monoisotopic (exact) mass is 300 g/mol. The van der Waals surface area contributed by atoms with E-state index >= 15 is 0 Å². The van der Waals surface area contributed by atoms with Crippen molar-refractivity contribution in [2.24, 2.45) is 0 Å². The molecule has 0 bridgehead atoms. The molecule has 0 N–H and O–H groups in total. The molecule has 1 aliphatic heterocycles. The number of likely N-dealkylation sites (N-methyl/N-ethyl adjacent to an activating group) is 1. The SMILES string of the molecule is CN(C)CC1CCCCN1C(=O)Cc1ccc2c(c1)CCC2. The summed E-state index contributed by atoms with van der Waals surface area (Å²) in [6, 6.07) is 7.06. The predicted molar refractivity (Wildman–Crippen MR) is 90.1 cm³/mol. The van der Waals surface area contributed by atoms with Gasteiger partial charge < -0.3 is 9.80 Å². The van der Waals surface area contributed by atoms with Gasteiger partial charge in [0.2, 0.25) is 5.91 Å². The van der Waals surface area contributed by atoms with Crippen LogP contribution < -0.4 is 0 Å². The molecular weight excluding hydrogens is 272 g/mol. The molecule has 3 heteroatoms. The number of hydrogen-bond donors (Lipinski definition) is 0. The summed E-state index contributed by atoms with van der Waals surface area (Å²) < 4.78 is 0. The molecule has 1 atom stereocenters. The first kappa shape index (κ1) is 15.5. The van der Waals surface area contributed by atoms with Crippen LogP contribution in [0.1, 0.15) is 42.4 Å². The Balaban J connectivity index is 1.67. The Morgan fingerprint density at radius 2 is 2.00 bits per heavy atom. The number of amides is 1. The number of carbonyl (C=O) groups is 1. The second kappa shape index (κ2) is 6.82. The van der Waals surface area contributed by atoms with Gasteiger partial charge in [-0.3, -0.25) is 4.79 Å². The van der Waals surface area contributed by atoms with Gasteiger partial charge in [0.05, 0.1) is 6.42 Å². The van der Waals surface area contributed by atoms with Gasteiger partial charge in [0, 0.05) is 19.1 Å². The van der Waals surface area contributed by atoms with E-state index in [1.54, 1.807) is 0 Å². The van der Waals surface area contributed by atoms with Gasteiger partial charge >= 0.3 is 0 Å². The van der Waals surface area contributed by atoms with Crippen molar-refractivity contribution in [3.8, 4) is 0 Å². The van der Waals surface area contributed by atoms with Gasteiger partial charge in [0.25, 0.3) is 0 Å². The minimum Gasteiger partial charge on any atom is -0.338 e. The highest BCUT2D eigenvalue weighted by Crippen LogP contribution is 2.24. The van der Waals surface area contributed by atoms with Crippen LogP contribution in [0.25, 0.3) is 0 Å². The molecule has 1 amide bonds. The van der Waals surface area contributed by atoms with Crippen LogP contribution in [-0.4, -0.2) is 48.9 Å². The smallest absolute Gasteiger partial charge is 0.227 e. The Kier molecular flexibility index (Phi) is 4.82. The number of fused-ring (bicyclic) bond motifs is 1. The number of nitrogens with zero attached hydrogens (tertiary/aromatic N) is 2. The Morgan fingerprint density at radius 3 is 2.82 bits per heavy atom. The van der Waals surface area contributed by atoms with E-state index in [1.807, 2.05) is 0 Å². The summed E-state index contributed by atoms with van der Waals surface area (Å²) in [6.45, 7) is 1.91. The van der Waals surface area contributed by atoms with Crippen molar-refractivity contribution < 1.29 is 4.79 Å². The first-order chi connectivity index (χ1) is 10.6. The molecular formula is C19H28N2O. The Labute approximate surface area is 134 Å². The van der Waals surface area contributed by atoms with E-state index in [1.165, 1.54) is 42.4 Å². The standard InChI is InChI=1S/C19H28N2O/c1-20(2)14-18-8-3-4-11-21(18)19(22)13-15-9-10-16-6-5-7-17(16)12-15/h9-10,12,18H,3-8,11,13-14H2,1-2H3. The molecule has 1 unspecified atom stereocenters. The summed E-state index contributed by atoms with van der Waals surface area (Å²) in [5.41, 5.74) is 4.15. The second-order valence-electron chi connectivity index (χ2n) is 7.13. The molecule has 1 fully saturated rings. The van der Waals surface area contributed by atoms with Gasteiger partial charge in [-0.2, -0.15) is 0 Å². The first-order valence-corrected chi connectivity index (χ1v) is 8.68. The number of likely N-dealkylation sites (tertiary alicyclic amines) is 1. The van der Waals surface area contributed by atoms with Crippen molar-refractivity contribution in [2.75, 3.05) is 27.2 Å². The van der Waals surface area contributed by atoms with Gasteiger partial charge in [-0.25, -0.2) is 0 Å². The average Bonchev–Trinajstić information content (AvgIpc) is 2.94. The molecule has 0 saturated carbocycles. The summed E-state index contributed by atoms with van der Waals surface area (Å²) in [7, 11) is 4.19. The minimum atomic E-state index is 0.310. The number of carbonyl (C=O) groups excluding carboxylic acids is 1. The van der Waals surface area contributed by atoms with Crippen LogP contribution in [0.5, 0.6) is 0 Å². The fourth-order valence-corrected chi connectivity index (χ4v) is 3.95. The molecule has 0 radical (unpaired) electrons. The fourth-order valence-electron chi connectivity index (χ4n) is 3.95. The molecule has 2 aliphatic rings. The van der Waals surface area contributed by atoms with Crippen molar-refractivity contribution in [3.05, 3.63) is 34.9 Å². The molecule has 0 aromatic heterocycles. The van der Waals surface area contributed by atoms with Crippen LogP contribution in [0, 0.1) is 0 Å². The highest BCUT2D eigenvalue weighted by Gasteiger charge is 2.27. The van der Waals surface area contributed by atoms with Crippen LogP contribution in [-0.2, 0) is 24.1 Å². The van der Waals surface area contributed by atoms with Gasteiger partial charge in [0.1, 0.15) is 0 Å². The zero-order valence-electron chi connectivity index (χ0n) is 14.0. The van der Waals surface area contributed by atoms with Crippen LogP contribution in [0.2, 0.25) is 0 Å². The maximum atomic E-state index is 12.8. The molecule has 120 valence electrons. The lowest BCUT2D eigenvalue weighted by atomic mass is 9.99. The molecule has 1 aromatic rings. The molecule has 0 spiro atoms. The van der Waals surface area contributed by atoms with Gasteiger partial charge in [-0.05, 0) is 69.3 Å². The molecule has 1 aliphatic carbocycles. The van der Waals surface area contributed by atoms with Gasteiger partial charge in [-0.1, -0.05) is 18.2 Å². The number of hydrogen-bond acceptors (Lipinski definition) is 2. The normalized spacial score (nSPS) is 21.2. The third-order valence-electron chi connectivity index (χ3n) is 5.04. The topological polar surface area (TPSA) is 23.6 Å². The fraction of sp³-hybridized carbons (Fsp3) is 0.632. The summed E-state index contributed by atoms with van der Waals surface area (Å²) in [4.78, 5) is 17.1. The summed E-state index contributed by atoms with van der Waals surface area (Å²) in [5.74, 6) is 0.310. The molecule has 1 saturated heterocycles. The molecule has 3 nitrogen and oxygen atoms in total. The van der Waals surface area contributed by atoms with Gasteiger partial charge in [-0.15, -0.1) is 0 Å². The van der Waals surface area contributed by atoms with E-state index in [0.29, 0.717) is 18.4 Å². The molecule has 3 rings (SSSR count). The summed E-state index contributed by atoms with van der Waals surface area (Å²) >= 11 is 0. The number of piperidine rings is 1.